The lowest BCUT2D eigenvalue weighted by Crippen LogP contribution is -2.61. The molecule has 0 aromatic rings. The summed E-state index contributed by atoms with van der Waals surface area (Å²) < 4.78 is 6.32. The first-order valence-electron chi connectivity index (χ1n) is 13.1. The van der Waals surface area contributed by atoms with E-state index in [4.69, 9.17) is 4.74 Å². The average Bonchev–Trinajstić information content (AvgIpc) is 3.22. The van der Waals surface area contributed by atoms with Crippen LogP contribution in [-0.2, 0) is 4.74 Å². The van der Waals surface area contributed by atoms with Gasteiger partial charge in [0.2, 0.25) is 0 Å². The van der Waals surface area contributed by atoms with Gasteiger partial charge in [0.15, 0.2) is 0 Å². The van der Waals surface area contributed by atoms with Gasteiger partial charge >= 0.3 is 0 Å². The maximum atomic E-state index is 6.32. The standard InChI is InChI=1S/C29H46O/c1-19(2)9-8-10-20(3)21-13-17-27(5)22(21)11-12-23-26(4)16-15-25-29(7,30-25)24(26)14-18-28(23,27)6/h9,22-25H,8,10-18H2,1-7H3/b21-20-/t22-,23-,24+,25+,26+,27-,28-,29-/m0/s1. The highest BCUT2D eigenvalue weighted by Crippen LogP contribution is 2.76. The van der Waals surface area contributed by atoms with Crippen LogP contribution in [0, 0.1) is 34.0 Å². The molecular weight excluding hydrogens is 364 g/mol. The van der Waals surface area contributed by atoms with E-state index in [0.29, 0.717) is 22.3 Å². The van der Waals surface area contributed by atoms with Gasteiger partial charge in [0.25, 0.3) is 0 Å². The molecule has 5 rings (SSSR count). The predicted molar refractivity (Wildman–Crippen MR) is 126 cm³/mol. The summed E-state index contributed by atoms with van der Waals surface area (Å²) in [5.74, 6) is 2.52. The molecule has 4 aliphatic carbocycles. The van der Waals surface area contributed by atoms with Crippen molar-refractivity contribution >= 4 is 0 Å². The monoisotopic (exact) mass is 410 g/mol. The highest BCUT2D eigenvalue weighted by molar-refractivity contribution is 5.29. The molecular formula is C29H46O. The fourth-order valence-electron chi connectivity index (χ4n) is 9.79. The summed E-state index contributed by atoms with van der Waals surface area (Å²) >= 11 is 0. The van der Waals surface area contributed by atoms with Crippen LogP contribution in [0.25, 0.3) is 0 Å². The number of ether oxygens (including phenoxy) is 1. The van der Waals surface area contributed by atoms with Crippen molar-refractivity contribution in [3.63, 3.8) is 0 Å². The van der Waals surface area contributed by atoms with Gasteiger partial charge < -0.3 is 4.74 Å². The SMILES string of the molecule is CC(C)=CCC/C(C)=C1/CC[C@@]2(C)[C@H]1CC[C@H]1[C@@]3(C)CC[C@H]4O[C@@]4(C)[C@@H]3CC[C@@]12C. The Morgan fingerprint density at radius 2 is 1.67 bits per heavy atom. The van der Waals surface area contributed by atoms with Gasteiger partial charge in [-0.3, -0.25) is 0 Å². The molecule has 0 aromatic carbocycles. The van der Waals surface area contributed by atoms with E-state index in [-0.39, 0.29) is 5.60 Å². The summed E-state index contributed by atoms with van der Waals surface area (Å²) in [6.45, 7) is 17.5. The second-order valence-electron chi connectivity index (χ2n) is 13.1. The van der Waals surface area contributed by atoms with Crippen LogP contribution in [0.1, 0.15) is 113 Å². The minimum Gasteiger partial charge on any atom is -0.366 e. The van der Waals surface area contributed by atoms with E-state index in [1.54, 1.807) is 5.57 Å². The Morgan fingerprint density at radius 1 is 0.900 bits per heavy atom. The molecule has 4 saturated carbocycles. The summed E-state index contributed by atoms with van der Waals surface area (Å²) in [4.78, 5) is 0. The second kappa shape index (κ2) is 6.72. The first kappa shape index (κ1) is 21.3. The first-order chi connectivity index (χ1) is 14.1. The molecule has 0 radical (unpaired) electrons. The fourth-order valence-corrected chi connectivity index (χ4v) is 9.79. The Labute approximate surface area is 186 Å². The number of hydrogen-bond acceptors (Lipinski definition) is 1. The van der Waals surface area contributed by atoms with Crippen molar-refractivity contribution in [3.05, 3.63) is 22.8 Å². The molecule has 0 aromatic heterocycles. The molecule has 1 heterocycles. The largest absolute Gasteiger partial charge is 0.366 e. The van der Waals surface area contributed by atoms with Crippen LogP contribution >= 0.6 is 0 Å². The number of epoxide rings is 1. The third-order valence-corrected chi connectivity index (χ3v) is 11.7. The van der Waals surface area contributed by atoms with Crippen molar-refractivity contribution in [3.8, 4) is 0 Å². The lowest BCUT2D eigenvalue weighted by Gasteiger charge is -2.67. The zero-order chi connectivity index (χ0) is 21.5. The van der Waals surface area contributed by atoms with Gasteiger partial charge in [0.1, 0.15) is 0 Å². The van der Waals surface area contributed by atoms with Crippen LogP contribution in [0.15, 0.2) is 22.8 Å². The van der Waals surface area contributed by atoms with Crippen LogP contribution in [0.5, 0.6) is 0 Å². The molecule has 1 heteroatoms. The van der Waals surface area contributed by atoms with Crippen molar-refractivity contribution in [2.24, 2.45) is 34.0 Å². The Kier molecular flexibility index (Phi) is 4.77. The average molecular weight is 411 g/mol. The quantitative estimate of drug-likeness (QED) is 0.337. The van der Waals surface area contributed by atoms with Crippen LogP contribution in [0.2, 0.25) is 0 Å². The summed E-state index contributed by atoms with van der Waals surface area (Å²) in [7, 11) is 0. The van der Waals surface area contributed by atoms with E-state index in [9.17, 15) is 0 Å². The van der Waals surface area contributed by atoms with Gasteiger partial charge in [-0.05, 0) is 126 Å². The third-order valence-electron chi connectivity index (χ3n) is 11.7. The molecule has 0 amide bonds. The van der Waals surface area contributed by atoms with Gasteiger partial charge in [-0.15, -0.1) is 0 Å². The Hall–Kier alpha value is -0.560. The molecule has 168 valence electrons. The van der Waals surface area contributed by atoms with E-state index in [2.05, 4.69) is 54.5 Å². The number of rotatable bonds is 3. The maximum Gasteiger partial charge on any atom is 0.0953 e. The molecule has 1 aliphatic heterocycles. The molecule has 0 N–H and O–H groups in total. The van der Waals surface area contributed by atoms with Crippen LogP contribution in [0.4, 0.5) is 0 Å². The number of allylic oxidation sites excluding steroid dienone is 4. The number of fused-ring (bicyclic) bond motifs is 7. The van der Waals surface area contributed by atoms with E-state index < -0.39 is 0 Å². The van der Waals surface area contributed by atoms with Gasteiger partial charge in [-0.2, -0.15) is 0 Å². The van der Waals surface area contributed by atoms with Crippen molar-refractivity contribution in [1.82, 2.24) is 0 Å². The highest BCUT2D eigenvalue weighted by atomic mass is 16.6. The zero-order valence-electron chi connectivity index (χ0n) is 20.9. The maximum absolute atomic E-state index is 6.32. The Bertz CT molecular complexity index is 786. The summed E-state index contributed by atoms with van der Waals surface area (Å²) in [5, 5.41) is 0. The molecule has 1 nitrogen and oxygen atoms in total. The van der Waals surface area contributed by atoms with Crippen molar-refractivity contribution < 1.29 is 4.74 Å². The molecule has 1 saturated heterocycles. The predicted octanol–water partition coefficient (Wildman–Crippen LogP) is 8.25. The minimum atomic E-state index is 0.217. The van der Waals surface area contributed by atoms with Gasteiger partial charge in [0, 0.05) is 0 Å². The molecule has 5 fully saturated rings. The van der Waals surface area contributed by atoms with E-state index >= 15 is 0 Å². The lowest BCUT2D eigenvalue weighted by molar-refractivity contribution is -0.179. The first-order valence-corrected chi connectivity index (χ1v) is 13.1. The summed E-state index contributed by atoms with van der Waals surface area (Å²) in [5.41, 5.74) is 6.77. The van der Waals surface area contributed by atoms with E-state index in [0.717, 1.165) is 17.8 Å². The van der Waals surface area contributed by atoms with Crippen LogP contribution in [0.3, 0.4) is 0 Å². The minimum absolute atomic E-state index is 0.217. The lowest BCUT2D eigenvalue weighted by atomic mass is 9.37. The molecule has 5 aliphatic rings. The molecule has 0 spiro atoms. The molecule has 0 unspecified atom stereocenters. The highest BCUT2D eigenvalue weighted by Gasteiger charge is 2.72. The van der Waals surface area contributed by atoms with Crippen molar-refractivity contribution in [2.45, 2.75) is 124 Å². The van der Waals surface area contributed by atoms with Crippen LogP contribution in [-0.4, -0.2) is 11.7 Å². The topological polar surface area (TPSA) is 12.5 Å². The van der Waals surface area contributed by atoms with Crippen molar-refractivity contribution in [2.75, 3.05) is 0 Å². The fraction of sp³-hybridized carbons (Fsp3) is 0.862. The van der Waals surface area contributed by atoms with Gasteiger partial charge in [-0.25, -0.2) is 0 Å². The second-order valence-corrected chi connectivity index (χ2v) is 13.1. The smallest absolute Gasteiger partial charge is 0.0953 e. The Balaban J connectivity index is 1.44. The Morgan fingerprint density at radius 3 is 2.40 bits per heavy atom. The third kappa shape index (κ3) is 2.69. The van der Waals surface area contributed by atoms with Gasteiger partial charge in [0.05, 0.1) is 11.7 Å². The van der Waals surface area contributed by atoms with Crippen molar-refractivity contribution in [1.29, 1.82) is 0 Å². The molecule has 30 heavy (non-hydrogen) atoms. The summed E-state index contributed by atoms with van der Waals surface area (Å²) in [6, 6.07) is 0. The van der Waals surface area contributed by atoms with E-state index in [1.165, 1.54) is 69.8 Å². The molecule has 0 bridgehead atoms. The van der Waals surface area contributed by atoms with E-state index in [1.807, 2.05) is 5.57 Å². The zero-order valence-corrected chi connectivity index (χ0v) is 20.9. The summed E-state index contributed by atoms with van der Waals surface area (Å²) in [6.07, 6.45) is 16.7. The van der Waals surface area contributed by atoms with Gasteiger partial charge in [-0.1, -0.05) is 43.6 Å². The normalized spacial score (nSPS) is 53.2. The number of hydrogen-bond donors (Lipinski definition) is 0. The molecule has 8 atom stereocenters. The van der Waals surface area contributed by atoms with Crippen LogP contribution < -0.4 is 0 Å².